The molecule has 2 amide bonds. The minimum atomic E-state index is -0.703. The molecule has 3 rings (SSSR count). The number of piperazine rings is 1. The van der Waals surface area contributed by atoms with Crippen molar-refractivity contribution in [1.82, 2.24) is 9.80 Å². The quantitative estimate of drug-likeness (QED) is 0.630. The fraction of sp³-hybridized carbons (Fsp3) is 0.667. The van der Waals surface area contributed by atoms with Gasteiger partial charge in [-0.2, -0.15) is 0 Å². The summed E-state index contributed by atoms with van der Waals surface area (Å²) in [5.74, 6) is -1.01. The van der Waals surface area contributed by atoms with Gasteiger partial charge < -0.3 is 23.8 Å². The summed E-state index contributed by atoms with van der Waals surface area (Å²) in [5.41, 5.74) is -0.378. The molecule has 2 fully saturated rings. The lowest BCUT2D eigenvalue weighted by atomic mass is 9.75. The molecule has 0 radical (unpaired) electrons. The number of aryl methyl sites for hydroxylation is 1. The summed E-state index contributed by atoms with van der Waals surface area (Å²) in [6, 6.07) is 2.65. The molecule has 182 valence electrons. The maximum absolute atomic E-state index is 15.1. The highest BCUT2D eigenvalue weighted by Gasteiger charge is 2.52. The number of halogens is 1. The molecule has 33 heavy (non-hydrogen) atoms. The molecule has 2 heterocycles. The van der Waals surface area contributed by atoms with Crippen LogP contribution < -0.4 is 5.46 Å². The van der Waals surface area contributed by atoms with Crippen LogP contribution in [-0.4, -0.2) is 71.4 Å². The molecule has 1 aromatic carbocycles. The number of carbonyl (C=O) groups is 2. The fourth-order valence-electron chi connectivity index (χ4n) is 3.99. The van der Waals surface area contributed by atoms with Gasteiger partial charge in [0.15, 0.2) is 0 Å². The zero-order valence-corrected chi connectivity index (χ0v) is 21.2. The lowest BCUT2D eigenvalue weighted by Crippen LogP contribution is -2.56. The molecule has 1 atom stereocenters. The van der Waals surface area contributed by atoms with Crippen molar-refractivity contribution < 1.29 is 28.0 Å². The monoisotopic (exact) mass is 462 g/mol. The van der Waals surface area contributed by atoms with Crippen LogP contribution in [0.3, 0.4) is 0 Å². The van der Waals surface area contributed by atoms with Crippen LogP contribution in [-0.2, 0) is 14.0 Å². The molecule has 0 aromatic heterocycles. The number of hydrogen-bond donors (Lipinski definition) is 0. The lowest BCUT2D eigenvalue weighted by Gasteiger charge is -2.40. The molecule has 2 aliphatic heterocycles. The van der Waals surface area contributed by atoms with E-state index in [0.29, 0.717) is 25.1 Å². The van der Waals surface area contributed by atoms with Crippen LogP contribution in [0.25, 0.3) is 0 Å². The Kier molecular flexibility index (Phi) is 6.63. The topological polar surface area (TPSA) is 68.3 Å². The van der Waals surface area contributed by atoms with Crippen LogP contribution in [0, 0.1) is 12.7 Å². The normalized spacial score (nSPS) is 22.5. The molecule has 1 aromatic rings. The summed E-state index contributed by atoms with van der Waals surface area (Å²) in [4.78, 5) is 28.8. The van der Waals surface area contributed by atoms with Gasteiger partial charge in [-0.1, -0.05) is 5.56 Å². The average Bonchev–Trinajstić information content (AvgIpc) is 2.88. The Bertz CT molecular complexity index is 928. The van der Waals surface area contributed by atoms with Crippen molar-refractivity contribution in [2.75, 3.05) is 19.6 Å². The molecular weight excluding hydrogens is 426 g/mol. The third kappa shape index (κ3) is 5.19. The molecule has 0 saturated carbocycles. The highest BCUT2D eigenvalue weighted by molar-refractivity contribution is 6.62. The van der Waals surface area contributed by atoms with Crippen molar-refractivity contribution in [2.24, 2.45) is 0 Å². The third-order valence-electron chi connectivity index (χ3n) is 6.64. The molecule has 7 nitrogen and oxygen atoms in total. The predicted molar refractivity (Wildman–Crippen MR) is 125 cm³/mol. The Morgan fingerprint density at radius 3 is 2.21 bits per heavy atom. The van der Waals surface area contributed by atoms with E-state index in [-0.39, 0.29) is 11.6 Å². The van der Waals surface area contributed by atoms with E-state index in [4.69, 9.17) is 14.0 Å². The summed E-state index contributed by atoms with van der Waals surface area (Å²) in [6.45, 7) is 17.8. The Morgan fingerprint density at radius 2 is 1.70 bits per heavy atom. The summed E-state index contributed by atoms with van der Waals surface area (Å²) in [6.07, 6.45) is -0.407. The molecule has 9 heteroatoms. The van der Waals surface area contributed by atoms with Crippen molar-refractivity contribution >= 4 is 24.6 Å². The van der Waals surface area contributed by atoms with Gasteiger partial charge in [0.1, 0.15) is 11.4 Å². The highest BCUT2D eigenvalue weighted by atomic mass is 19.1. The van der Waals surface area contributed by atoms with Gasteiger partial charge in [0.05, 0.1) is 16.8 Å². The summed E-state index contributed by atoms with van der Waals surface area (Å²) in [5, 5.41) is 0. The van der Waals surface area contributed by atoms with E-state index in [9.17, 15) is 9.59 Å². The second kappa shape index (κ2) is 8.58. The molecule has 2 aliphatic rings. The molecular formula is C24H36BFN2O5. The van der Waals surface area contributed by atoms with Crippen LogP contribution in [0.15, 0.2) is 12.1 Å². The molecule has 2 saturated heterocycles. The second-order valence-corrected chi connectivity index (χ2v) is 11.1. The van der Waals surface area contributed by atoms with Gasteiger partial charge in [0, 0.05) is 25.7 Å². The van der Waals surface area contributed by atoms with Crippen molar-refractivity contribution in [2.45, 2.75) is 85.2 Å². The van der Waals surface area contributed by atoms with Crippen LogP contribution >= 0.6 is 0 Å². The third-order valence-corrected chi connectivity index (χ3v) is 6.64. The van der Waals surface area contributed by atoms with Gasteiger partial charge in [0.25, 0.3) is 5.91 Å². The Morgan fingerprint density at radius 1 is 1.12 bits per heavy atom. The van der Waals surface area contributed by atoms with Gasteiger partial charge >= 0.3 is 13.2 Å². The summed E-state index contributed by atoms with van der Waals surface area (Å²) in [7, 11) is -0.703. The van der Waals surface area contributed by atoms with Crippen molar-refractivity contribution in [3.05, 3.63) is 29.1 Å². The number of benzene rings is 1. The first-order valence-corrected chi connectivity index (χ1v) is 11.5. The average molecular weight is 462 g/mol. The first-order chi connectivity index (χ1) is 15.0. The van der Waals surface area contributed by atoms with E-state index in [1.807, 2.05) is 62.3 Å². The van der Waals surface area contributed by atoms with E-state index >= 15 is 4.39 Å². The molecule has 0 N–H and O–H groups in total. The number of rotatable bonds is 2. The van der Waals surface area contributed by atoms with Crippen LogP contribution in [0.2, 0.25) is 0 Å². The minimum absolute atomic E-state index is 0.00526. The van der Waals surface area contributed by atoms with E-state index in [0.717, 1.165) is 5.56 Å². The number of hydrogen-bond acceptors (Lipinski definition) is 5. The number of nitrogens with zero attached hydrogens (tertiary/aromatic N) is 2. The van der Waals surface area contributed by atoms with E-state index in [1.165, 1.54) is 6.07 Å². The SMILES string of the molecule is Cc1cc(C(=O)N2CCN(C(=O)OC(C)(C)C)C(C)C2)c(F)cc1B1OC(C)(C)C(C)(C)O1. The first kappa shape index (κ1) is 25.5. The summed E-state index contributed by atoms with van der Waals surface area (Å²) >= 11 is 0. The Labute approximate surface area is 196 Å². The molecule has 1 unspecified atom stereocenters. The van der Waals surface area contributed by atoms with E-state index in [2.05, 4.69) is 0 Å². The van der Waals surface area contributed by atoms with Gasteiger partial charge in [-0.05, 0) is 79.9 Å². The van der Waals surface area contributed by atoms with Gasteiger partial charge in [0.2, 0.25) is 0 Å². The van der Waals surface area contributed by atoms with Crippen LogP contribution in [0.1, 0.15) is 71.3 Å². The van der Waals surface area contributed by atoms with Crippen molar-refractivity contribution in [3.8, 4) is 0 Å². The van der Waals surface area contributed by atoms with Crippen molar-refractivity contribution in [3.63, 3.8) is 0 Å². The van der Waals surface area contributed by atoms with Gasteiger partial charge in [-0.25, -0.2) is 9.18 Å². The zero-order valence-electron chi connectivity index (χ0n) is 21.2. The van der Waals surface area contributed by atoms with Crippen molar-refractivity contribution in [1.29, 1.82) is 0 Å². The largest absolute Gasteiger partial charge is 0.495 e. The molecule has 0 aliphatic carbocycles. The minimum Gasteiger partial charge on any atom is -0.444 e. The Balaban J connectivity index is 1.74. The Hall–Kier alpha value is -2.13. The first-order valence-electron chi connectivity index (χ1n) is 11.5. The van der Waals surface area contributed by atoms with Crippen LogP contribution in [0.5, 0.6) is 0 Å². The summed E-state index contributed by atoms with van der Waals surface area (Å²) < 4.78 is 32.7. The number of amides is 2. The standard InChI is InChI=1S/C24H36BFN2O5/c1-15-12-17(19(26)13-18(15)25-32-23(6,7)24(8,9)33-25)20(29)27-10-11-28(16(2)14-27)21(30)31-22(3,4)5/h12-13,16H,10-11,14H2,1-9H3. The van der Waals surface area contributed by atoms with Crippen LogP contribution in [0.4, 0.5) is 9.18 Å². The van der Waals surface area contributed by atoms with E-state index < -0.39 is 41.7 Å². The smallest absolute Gasteiger partial charge is 0.444 e. The fourth-order valence-corrected chi connectivity index (χ4v) is 3.99. The lowest BCUT2D eigenvalue weighted by molar-refractivity contribution is 0.00190. The molecule has 0 spiro atoms. The second-order valence-electron chi connectivity index (χ2n) is 11.1. The number of ether oxygens (including phenoxy) is 1. The predicted octanol–water partition coefficient (Wildman–Crippen LogP) is 3.51. The maximum Gasteiger partial charge on any atom is 0.495 e. The zero-order chi connectivity index (χ0) is 24.9. The highest BCUT2D eigenvalue weighted by Crippen LogP contribution is 2.36. The van der Waals surface area contributed by atoms with E-state index in [1.54, 1.807) is 15.9 Å². The molecule has 0 bridgehead atoms. The van der Waals surface area contributed by atoms with Gasteiger partial charge in [-0.15, -0.1) is 0 Å². The number of carbonyl (C=O) groups excluding carboxylic acids is 2. The maximum atomic E-state index is 15.1. The van der Waals surface area contributed by atoms with Gasteiger partial charge in [-0.3, -0.25) is 4.79 Å².